The molecule has 2 atom stereocenters. The fourth-order valence-corrected chi connectivity index (χ4v) is 5.00. The summed E-state index contributed by atoms with van der Waals surface area (Å²) in [6.45, 7) is 5.06. The van der Waals surface area contributed by atoms with E-state index < -0.39 is 6.04 Å². The zero-order valence-electron chi connectivity index (χ0n) is 15.8. The van der Waals surface area contributed by atoms with Crippen LogP contribution in [0.25, 0.3) is 0 Å². The van der Waals surface area contributed by atoms with Gasteiger partial charge in [0.05, 0.1) is 11.7 Å². The number of benzene rings is 1. The Balaban J connectivity index is 1.37. The smallest absolute Gasteiger partial charge is 0.239 e. The van der Waals surface area contributed by atoms with E-state index in [4.69, 9.17) is 17.3 Å². The van der Waals surface area contributed by atoms with Crippen LogP contribution in [0.3, 0.4) is 0 Å². The second kappa shape index (κ2) is 8.27. The van der Waals surface area contributed by atoms with Gasteiger partial charge in [0.15, 0.2) is 0 Å². The topological polar surface area (TPSA) is 75.4 Å². The molecule has 1 aromatic carbocycles. The van der Waals surface area contributed by atoms with Gasteiger partial charge in [-0.25, -0.2) is 9.97 Å². The molecule has 1 aromatic heterocycles. The lowest BCUT2D eigenvalue weighted by Gasteiger charge is -2.37. The number of hydrogen-bond donors (Lipinski definition) is 1. The number of amides is 1. The summed E-state index contributed by atoms with van der Waals surface area (Å²) in [5.41, 5.74) is 9.62. The standard InChI is InChI=1S/C20H24ClN5OS/c1-13-18-17(11-28-13)23-12-24-19(18)25-6-8-26(9-7-25)20(27)16(22)10-14-2-4-15(21)5-3-14/h2-5,12-13,16H,6-11,22H2,1H3/t13-,16-/m1/s1. The number of hydrogen-bond acceptors (Lipinski definition) is 6. The van der Waals surface area contributed by atoms with E-state index in [1.165, 1.54) is 5.56 Å². The zero-order valence-corrected chi connectivity index (χ0v) is 17.4. The van der Waals surface area contributed by atoms with Gasteiger partial charge in [0, 0.05) is 47.8 Å². The van der Waals surface area contributed by atoms with Gasteiger partial charge in [0.25, 0.3) is 0 Å². The molecule has 0 unspecified atom stereocenters. The maximum absolute atomic E-state index is 12.8. The first-order chi connectivity index (χ1) is 13.5. The maximum Gasteiger partial charge on any atom is 0.239 e. The Morgan fingerprint density at radius 3 is 2.68 bits per heavy atom. The molecule has 2 aromatic rings. The molecular weight excluding hydrogens is 394 g/mol. The molecule has 4 rings (SSSR count). The van der Waals surface area contributed by atoms with Crippen LogP contribution in [0.2, 0.25) is 5.02 Å². The van der Waals surface area contributed by atoms with Crippen molar-refractivity contribution < 1.29 is 4.79 Å². The molecule has 148 valence electrons. The normalized spacial score (nSPS) is 20.2. The minimum Gasteiger partial charge on any atom is -0.353 e. The summed E-state index contributed by atoms with van der Waals surface area (Å²) in [4.78, 5) is 25.9. The Morgan fingerprint density at radius 2 is 1.96 bits per heavy atom. The van der Waals surface area contributed by atoms with Crippen LogP contribution in [0.4, 0.5) is 5.82 Å². The molecule has 0 bridgehead atoms. The molecule has 0 aliphatic carbocycles. The molecule has 1 amide bonds. The monoisotopic (exact) mass is 417 g/mol. The van der Waals surface area contributed by atoms with Gasteiger partial charge in [-0.05, 0) is 31.0 Å². The van der Waals surface area contributed by atoms with Gasteiger partial charge < -0.3 is 15.5 Å². The van der Waals surface area contributed by atoms with E-state index in [1.807, 2.05) is 40.9 Å². The number of halogens is 1. The number of nitrogens with two attached hydrogens (primary N) is 1. The number of anilines is 1. The van der Waals surface area contributed by atoms with E-state index >= 15 is 0 Å². The third-order valence-corrected chi connectivity index (χ3v) is 6.83. The Labute approximate surface area is 174 Å². The Morgan fingerprint density at radius 1 is 1.25 bits per heavy atom. The van der Waals surface area contributed by atoms with Crippen LogP contribution in [0, 0.1) is 0 Å². The first-order valence-electron chi connectivity index (χ1n) is 9.52. The molecule has 2 aliphatic heterocycles. The second-order valence-corrected chi connectivity index (χ2v) is 9.03. The fraction of sp³-hybridized carbons (Fsp3) is 0.450. The van der Waals surface area contributed by atoms with Crippen molar-refractivity contribution in [2.45, 2.75) is 30.4 Å². The molecule has 6 nitrogen and oxygen atoms in total. The van der Waals surface area contributed by atoms with E-state index in [2.05, 4.69) is 21.8 Å². The van der Waals surface area contributed by atoms with Crippen molar-refractivity contribution in [3.05, 3.63) is 52.4 Å². The average Bonchev–Trinajstić information content (AvgIpc) is 3.10. The van der Waals surface area contributed by atoms with E-state index in [0.29, 0.717) is 29.8 Å². The molecule has 2 aliphatic rings. The lowest BCUT2D eigenvalue weighted by molar-refractivity contribution is -0.132. The predicted molar refractivity (Wildman–Crippen MR) is 114 cm³/mol. The highest BCUT2D eigenvalue weighted by atomic mass is 35.5. The largest absolute Gasteiger partial charge is 0.353 e. The van der Waals surface area contributed by atoms with Crippen LogP contribution in [-0.4, -0.2) is 53.0 Å². The van der Waals surface area contributed by atoms with E-state index in [0.717, 1.165) is 35.9 Å². The summed E-state index contributed by atoms with van der Waals surface area (Å²) in [6, 6.07) is 6.95. The van der Waals surface area contributed by atoms with Gasteiger partial charge in [0.1, 0.15) is 12.1 Å². The number of fused-ring (bicyclic) bond motifs is 1. The third-order valence-electron chi connectivity index (χ3n) is 5.40. The lowest BCUT2D eigenvalue weighted by atomic mass is 10.1. The summed E-state index contributed by atoms with van der Waals surface area (Å²) in [6.07, 6.45) is 2.18. The van der Waals surface area contributed by atoms with Gasteiger partial charge in [-0.15, -0.1) is 11.8 Å². The molecule has 3 heterocycles. The summed E-state index contributed by atoms with van der Waals surface area (Å²) in [5.74, 6) is 1.98. The van der Waals surface area contributed by atoms with Crippen molar-refractivity contribution in [3.63, 3.8) is 0 Å². The minimum absolute atomic E-state index is 0.00596. The van der Waals surface area contributed by atoms with Crippen LogP contribution in [-0.2, 0) is 17.0 Å². The van der Waals surface area contributed by atoms with E-state index in [-0.39, 0.29) is 5.91 Å². The minimum atomic E-state index is -0.535. The highest BCUT2D eigenvalue weighted by Gasteiger charge is 2.30. The molecule has 0 spiro atoms. The fourth-order valence-electron chi connectivity index (χ4n) is 3.83. The van der Waals surface area contributed by atoms with Gasteiger partial charge in [-0.2, -0.15) is 0 Å². The highest BCUT2D eigenvalue weighted by molar-refractivity contribution is 7.99. The quantitative estimate of drug-likeness (QED) is 0.824. The van der Waals surface area contributed by atoms with Crippen LogP contribution in [0.15, 0.2) is 30.6 Å². The number of rotatable bonds is 4. The SMILES string of the molecule is C[C@H]1SCc2ncnc(N3CCN(C(=O)[C@H](N)Cc4ccc(Cl)cc4)CC3)c21. The van der Waals surface area contributed by atoms with E-state index in [1.54, 1.807) is 6.33 Å². The molecule has 28 heavy (non-hydrogen) atoms. The first-order valence-corrected chi connectivity index (χ1v) is 10.9. The second-order valence-electron chi connectivity index (χ2n) is 7.26. The Bertz CT molecular complexity index is 854. The van der Waals surface area contributed by atoms with Crippen molar-refractivity contribution in [2.75, 3.05) is 31.1 Å². The summed E-state index contributed by atoms with van der Waals surface area (Å²) < 4.78 is 0. The van der Waals surface area contributed by atoms with Gasteiger partial charge >= 0.3 is 0 Å². The van der Waals surface area contributed by atoms with Crippen LogP contribution >= 0.6 is 23.4 Å². The predicted octanol–water partition coefficient (Wildman–Crippen LogP) is 2.66. The van der Waals surface area contributed by atoms with E-state index in [9.17, 15) is 4.79 Å². The van der Waals surface area contributed by atoms with Crippen LogP contribution in [0.1, 0.15) is 29.0 Å². The lowest BCUT2D eigenvalue weighted by Crippen LogP contribution is -2.54. The maximum atomic E-state index is 12.8. The highest BCUT2D eigenvalue weighted by Crippen LogP contribution is 2.44. The van der Waals surface area contributed by atoms with Gasteiger partial charge in [-0.1, -0.05) is 23.7 Å². The first kappa shape index (κ1) is 19.5. The number of thioether (sulfide) groups is 1. The zero-order chi connectivity index (χ0) is 19.7. The van der Waals surface area contributed by atoms with Crippen molar-refractivity contribution in [1.29, 1.82) is 0 Å². The third kappa shape index (κ3) is 3.97. The summed E-state index contributed by atoms with van der Waals surface area (Å²) >= 11 is 7.82. The van der Waals surface area contributed by atoms with Crippen LogP contribution in [0.5, 0.6) is 0 Å². The van der Waals surface area contributed by atoms with Crippen LogP contribution < -0.4 is 10.6 Å². The Kier molecular flexibility index (Phi) is 5.75. The van der Waals surface area contributed by atoms with Crippen molar-refractivity contribution in [2.24, 2.45) is 5.73 Å². The van der Waals surface area contributed by atoms with Gasteiger partial charge in [-0.3, -0.25) is 4.79 Å². The molecule has 8 heteroatoms. The van der Waals surface area contributed by atoms with Crippen molar-refractivity contribution >= 4 is 35.1 Å². The average molecular weight is 418 g/mol. The molecule has 0 saturated carbocycles. The van der Waals surface area contributed by atoms with Crippen molar-refractivity contribution in [3.8, 4) is 0 Å². The number of carbonyl (C=O) groups is 1. The van der Waals surface area contributed by atoms with Gasteiger partial charge in [0.2, 0.25) is 5.91 Å². The summed E-state index contributed by atoms with van der Waals surface area (Å²) in [5, 5.41) is 1.10. The molecule has 2 N–H and O–H groups in total. The summed E-state index contributed by atoms with van der Waals surface area (Å²) in [7, 11) is 0. The Hall–Kier alpha value is -1.83. The molecule has 1 saturated heterocycles. The van der Waals surface area contributed by atoms with Crippen molar-refractivity contribution in [1.82, 2.24) is 14.9 Å². The number of nitrogens with zero attached hydrogens (tertiary/aromatic N) is 4. The number of aromatic nitrogens is 2. The molecule has 0 radical (unpaired) electrons. The number of piperazine rings is 1. The number of carbonyl (C=O) groups excluding carboxylic acids is 1. The molecule has 1 fully saturated rings. The molecular formula is C20H24ClN5OS.